The molecule has 0 spiro atoms. The van der Waals surface area contributed by atoms with Gasteiger partial charge in [0.15, 0.2) is 11.5 Å². The molecule has 2 aromatic heterocycles. The monoisotopic (exact) mass is 1590 g/mol. The van der Waals surface area contributed by atoms with E-state index < -0.39 is 115 Å². The molecule has 0 aliphatic heterocycles. The van der Waals surface area contributed by atoms with Crippen LogP contribution in [0.4, 0.5) is 50.7 Å². The van der Waals surface area contributed by atoms with Crippen LogP contribution >= 0.6 is 46.4 Å². The third-order valence-corrected chi connectivity index (χ3v) is 18.6. The summed E-state index contributed by atoms with van der Waals surface area (Å²) in [5.74, 6) is -3.36. The molecule has 0 saturated heterocycles. The number of aromatic nitrogens is 6. The topological polar surface area (TPSA) is 476 Å². The average molecular weight is 1590 g/mol. The Labute approximate surface area is 650 Å². The number of fused-ring (bicyclic) bond motifs is 2. The first-order chi connectivity index (χ1) is 46.9. The SMILES string of the molecule is CCCCCCCCC(=O)O.CCCCCCCCC(=O)OCCOS(=O)(=O)c1cc2cc(S(=O)(=O)[O-])c(N=Nc3ccccc3)c(O)c2cc1Nc1nc(Cl)nc(Cl)n1.F.O=S(=O)([O-])c1cc2cc(S(=O)(=O)OCCO)c(Nc3nc(Cl)nc(Cl)n3)cc2c(O)c1N=Nc1ccccc1.[Na+].[Na+]. The number of aliphatic hydroxyl groups is 1. The van der Waals surface area contributed by atoms with Gasteiger partial charge in [0.2, 0.25) is 33.0 Å². The first kappa shape index (κ1) is 90.1. The smallest absolute Gasteiger partial charge is 0.744 e. The number of esters is 1. The minimum Gasteiger partial charge on any atom is -0.744 e. The first-order valence-corrected chi connectivity index (χ1v) is 37.1. The van der Waals surface area contributed by atoms with Crippen molar-refractivity contribution < 1.29 is 150 Å². The number of azo groups is 2. The van der Waals surface area contributed by atoms with Crippen molar-refractivity contribution in [3.8, 4) is 11.5 Å². The number of halogens is 5. The summed E-state index contributed by atoms with van der Waals surface area (Å²) in [5.41, 5.74) is -1.35. The van der Waals surface area contributed by atoms with Gasteiger partial charge in [-0.05, 0) is 131 Å². The molecule has 6 aromatic carbocycles. The quantitative estimate of drug-likeness (QED) is 0.00568. The van der Waals surface area contributed by atoms with Gasteiger partial charge in [0.25, 0.3) is 20.2 Å². The van der Waals surface area contributed by atoms with Crippen LogP contribution in [0, 0.1) is 0 Å². The second-order valence-electron chi connectivity index (χ2n) is 20.8. The minimum atomic E-state index is -5.27. The maximum Gasteiger partial charge on any atom is 1.00 e. The number of carboxylic acids is 1. The van der Waals surface area contributed by atoms with Crippen molar-refractivity contribution in [2.75, 3.05) is 37.1 Å². The number of carbonyl (C=O) groups excluding carboxylic acids is 1. The fraction of sp³-hybridized carbons (Fsp3) is 0.333. The molecule has 0 aliphatic rings. The fourth-order valence-corrected chi connectivity index (χ4v) is 13.0. The second-order valence-corrected chi connectivity index (χ2v) is 28.0. The van der Waals surface area contributed by atoms with Crippen LogP contribution in [-0.4, -0.2) is 131 Å². The molecule has 0 saturated carbocycles. The maximum absolute atomic E-state index is 13.5. The Morgan fingerprint density at radius 3 is 1.21 bits per heavy atom. The number of aliphatic hydroxyl groups excluding tert-OH is 1. The molecule has 0 atom stereocenters. The van der Waals surface area contributed by atoms with Crippen LogP contribution < -0.4 is 69.7 Å². The molecule has 0 aliphatic carbocycles. The van der Waals surface area contributed by atoms with Crippen LogP contribution in [0.2, 0.25) is 21.1 Å². The summed E-state index contributed by atoms with van der Waals surface area (Å²) >= 11 is 23.4. The molecule has 31 nitrogen and oxygen atoms in total. The van der Waals surface area contributed by atoms with Crippen LogP contribution in [0.15, 0.2) is 137 Å². The number of nitrogens with zero attached hydrogens (tertiary/aromatic N) is 10. The van der Waals surface area contributed by atoms with E-state index in [1.165, 1.54) is 25.7 Å². The molecule has 8 aromatic rings. The summed E-state index contributed by atoms with van der Waals surface area (Å²) in [4.78, 5) is 41.6. The average Bonchev–Trinajstić information content (AvgIpc) is 0.756. The van der Waals surface area contributed by atoms with Crippen LogP contribution in [0.25, 0.3) is 21.5 Å². The third-order valence-electron chi connectivity index (χ3n) is 13.5. The zero-order valence-electron chi connectivity index (χ0n) is 54.9. The third kappa shape index (κ3) is 28.4. The zero-order chi connectivity index (χ0) is 72.5. The summed E-state index contributed by atoms with van der Waals surface area (Å²) in [7, 11) is -19.8. The van der Waals surface area contributed by atoms with Gasteiger partial charge in [-0.15, -0.1) is 10.2 Å². The Bertz CT molecular complexity index is 4660. The van der Waals surface area contributed by atoms with Gasteiger partial charge in [0.05, 0.1) is 45.8 Å². The van der Waals surface area contributed by atoms with Gasteiger partial charge in [-0.1, -0.05) is 114 Å². The van der Waals surface area contributed by atoms with Gasteiger partial charge in [0, 0.05) is 23.6 Å². The molecule has 540 valence electrons. The van der Waals surface area contributed by atoms with Crippen molar-refractivity contribution in [2.45, 2.75) is 123 Å². The van der Waals surface area contributed by atoms with E-state index in [4.69, 9.17) is 69.7 Å². The van der Waals surface area contributed by atoms with E-state index in [9.17, 15) is 62.6 Å². The molecule has 6 N–H and O–H groups in total. The van der Waals surface area contributed by atoms with Crippen LogP contribution in [0.5, 0.6) is 11.5 Å². The van der Waals surface area contributed by atoms with Gasteiger partial charge < -0.3 is 44.9 Å². The molecule has 0 radical (unpaired) electrons. The number of rotatable bonds is 33. The number of ether oxygens (including phenoxy) is 1. The number of hydrogen-bond donors (Lipinski definition) is 6. The van der Waals surface area contributed by atoms with Crippen molar-refractivity contribution in [1.29, 1.82) is 0 Å². The van der Waals surface area contributed by atoms with E-state index in [-0.39, 0.29) is 148 Å². The molecule has 0 fully saturated rings. The Hall–Kier alpha value is -6.11. The summed E-state index contributed by atoms with van der Waals surface area (Å²) in [6.07, 6.45) is 13.3. The van der Waals surface area contributed by atoms with E-state index in [1.807, 2.05) is 0 Å². The van der Waals surface area contributed by atoms with Crippen molar-refractivity contribution in [2.24, 2.45) is 20.5 Å². The Morgan fingerprint density at radius 1 is 0.490 bits per heavy atom. The fourth-order valence-electron chi connectivity index (χ4n) is 8.89. The van der Waals surface area contributed by atoms with Crippen LogP contribution in [0.1, 0.15) is 104 Å². The molecule has 2 heterocycles. The molecular formula is C60H65Cl4FN12Na2O19S4. The number of phenolic OH excluding ortho intramolecular Hbond substituents is 2. The van der Waals surface area contributed by atoms with Crippen molar-refractivity contribution in [1.82, 2.24) is 29.9 Å². The zero-order valence-corrected chi connectivity index (χ0v) is 65.2. The summed E-state index contributed by atoms with van der Waals surface area (Å²) in [6, 6.07) is 21.9. The molecular weight excluding hydrogens is 1530 g/mol. The number of anilines is 4. The number of hydrogen-bond acceptors (Lipinski definition) is 30. The largest absolute Gasteiger partial charge is 1.00 e. The number of benzene rings is 6. The van der Waals surface area contributed by atoms with Gasteiger partial charge in [-0.25, -0.2) is 16.8 Å². The van der Waals surface area contributed by atoms with Gasteiger partial charge in [-0.3, -0.25) is 22.7 Å². The molecule has 0 amide bonds. The van der Waals surface area contributed by atoms with E-state index in [0.29, 0.717) is 18.5 Å². The molecule has 42 heteroatoms. The van der Waals surface area contributed by atoms with Crippen molar-refractivity contribution in [3.05, 3.63) is 118 Å². The minimum absolute atomic E-state index is 0. The number of carboxylic acid groups (broad SMARTS) is 1. The second kappa shape index (κ2) is 43.4. The number of nitrogens with one attached hydrogen (secondary N) is 2. The molecule has 8 rings (SSSR count). The number of unbranched alkanes of at least 4 members (excludes halogenated alkanes) is 10. The van der Waals surface area contributed by atoms with E-state index >= 15 is 0 Å². The van der Waals surface area contributed by atoms with Gasteiger partial charge in [0.1, 0.15) is 54.6 Å². The van der Waals surface area contributed by atoms with Crippen molar-refractivity contribution in [3.63, 3.8) is 0 Å². The van der Waals surface area contributed by atoms with Crippen LogP contribution in [0.3, 0.4) is 0 Å². The number of aliphatic carboxylic acids is 1. The van der Waals surface area contributed by atoms with Gasteiger partial charge in [-0.2, -0.15) is 57.0 Å². The first-order valence-electron chi connectivity index (χ1n) is 29.9. The van der Waals surface area contributed by atoms with E-state index in [2.05, 4.69) is 74.8 Å². The normalized spacial score (nSPS) is 11.6. The summed E-state index contributed by atoms with van der Waals surface area (Å²) < 4.78 is 141. The van der Waals surface area contributed by atoms with Crippen LogP contribution in [-0.2, 0) is 63.2 Å². The predicted molar refractivity (Wildman–Crippen MR) is 365 cm³/mol. The van der Waals surface area contributed by atoms with Gasteiger partial charge >= 0.3 is 71.1 Å². The molecule has 0 bridgehead atoms. The summed E-state index contributed by atoms with van der Waals surface area (Å²) in [6.45, 7) is 2.11. The van der Waals surface area contributed by atoms with Crippen molar-refractivity contribution >= 4 is 166 Å². The summed E-state index contributed by atoms with van der Waals surface area (Å²) in [5, 5.41) is 58.1. The standard InChI is InChI=1S/C30H32Cl2N6O9S2.C21H16Cl2N6O8S2.C9H18O2.FH.2Na/c1-2-3-4-5-6-10-13-25(39)46-14-15-47-49(44,45)23-16-19-17-24(48(41,42)43)26(38-37-20-11-8-7-9-12-20)27(40)21(19)18-22(23)33-30-35-28(31)34-29(32)36-30;22-19-25-20(23)27-21(26-19)24-14-10-13-11(8-15(14)39(35,36)37-7-6-30)9-16(38(32,33)34)17(18(13)31)29-28-12-4-2-1-3-5-12;1-2-3-4-5-6-7-8-9(10)11;;;/h7-9,11-12,16-18,40H,2-6,10,13-15H2,1H3,(H,41,42,43)(H,33,34,35,36);1-5,8-10,30-31H,6-7H2,(H,32,33,34)(H,24,25,26,27);2-8H2,1H3,(H,10,11);1H;;/q;;;;2*+1/p-2. The Kier molecular flexibility index (Phi) is 38.3. The molecule has 102 heavy (non-hydrogen) atoms. The van der Waals surface area contributed by atoms with E-state index in [0.717, 1.165) is 81.3 Å². The Balaban J connectivity index is 0.000000457. The predicted octanol–water partition coefficient (Wildman–Crippen LogP) is 7.88. The molecule has 0 unspecified atom stereocenters. The Morgan fingerprint density at radius 2 is 0.843 bits per heavy atom. The van der Waals surface area contributed by atoms with E-state index in [1.54, 1.807) is 60.7 Å². The number of carbonyl (C=O) groups is 2. The number of aromatic hydroxyl groups is 2. The number of phenols is 2. The maximum atomic E-state index is 13.5.